The fourth-order valence-electron chi connectivity index (χ4n) is 3.61. The molecule has 1 aliphatic heterocycles. The number of H-pyrrole nitrogens is 1. The van der Waals surface area contributed by atoms with E-state index in [9.17, 15) is 9.59 Å². The highest BCUT2D eigenvalue weighted by Gasteiger charge is 2.29. The summed E-state index contributed by atoms with van der Waals surface area (Å²) in [5.74, 6) is -0.458. The van der Waals surface area contributed by atoms with Crippen LogP contribution >= 0.6 is 11.6 Å². The van der Waals surface area contributed by atoms with Gasteiger partial charge in [-0.3, -0.25) is 19.7 Å². The predicted octanol–water partition coefficient (Wildman–Crippen LogP) is 3.29. The lowest BCUT2D eigenvalue weighted by Gasteiger charge is -2.31. The molecule has 0 unspecified atom stereocenters. The maximum atomic E-state index is 12.9. The van der Waals surface area contributed by atoms with Gasteiger partial charge in [0, 0.05) is 42.6 Å². The molecule has 2 N–H and O–H groups in total. The van der Waals surface area contributed by atoms with Crippen LogP contribution in [0.15, 0.2) is 54.9 Å². The second-order valence-electron chi connectivity index (χ2n) is 7.31. The largest absolute Gasteiger partial charge is 0.352 e. The first-order valence-electron chi connectivity index (χ1n) is 9.88. The number of carbonyl (C=O) groups is 2. The third-order valence-electron chi connectivity index (χ3n) is 5.26. The van der Waals surface area contributed by atoms with E-state index in [1.165, 1.54) is 0 Å². The van der Waals surface area contributed by atoms with Crippen LogP contribution in [0.3, 0.4) is 0 Å². The molecule has 0 spiro atoms. The zero-order chi connectivity index (χ0) is 20.9. The number of carbonyl (C=O) groups excluding carboxylic acids is 2. The van der Waals surface area contributed by atoms with Crippen LogP contribution in [-0.2, 0) is 11.3 Å². The first kappa shape index (κ1) is 20.1. The zero-order valence-corrected chi connectivity index (χ0v) is 17.1. The second-order valence-corrected chi connectivity index (χ2v) is 7.72. The summed E-state index contributed by atoms with van der Waals surface area (Å²) in [6.07, 6.45) is 4.92. The molecule has 1 fully saturated rings. The first-order chi connectivity index (χ1) is 14.6. The SMILES string of the molecule is O=C(NCc1ccccc1Cl)[C@@H]1CCCN(C(=O)c2cc(-c3cccnc3)n[nH]2)C1. The third-order valence-corrected chi connectivity index (χ3v) is 5.62. The molecule has 1 saturated heterocycles. The molecular formula is C22H22ClN5O2. The number of hydrogen-bond acceptors (Lipinski definition) is 4. The summed E-state index contributed by atoms with van der Waals surface area (Å²) in [5.41, 5.74) is 2.78. The number of aromatic nitrogens is 3. The van der Waals surface area contributed by atoms with Crippen LogP contribution in [0.25, 0.3) is 11.3 Å². The number of halogens is 1. The van der Waals surface area contributed by atoms with Crippen molar-refractivity contribution >= 4 is 23.4 Å². The minimum Gasteiger partial charge on any atom is -0.352 e. The Morgan fingerprint density at radius 2 is 2.10 bits per heavy atom. The summed E-state index contributed by atoms with van der Waals surface area (Å²) in [6, 6.07) is 12.9. The van der Waals surface area contributed by atoms with Crippen LogP contribution in [0.5, 0.6) is 0 Å². The molecule has 4 rings (SSSR count). The number of likely N-dealkylation sites (tertiary alicyclic amines) is 1. The van der Waals surface area contributed by atoms with E-state index in [1.54, 1.807) is 29.4 Å². The van der Waals surface area contributed by atoms with Crippen molar-refractivity contribution in [3.05, 3.63) is 71.1 Å². The molecule has 2 amide bonds. The fourth-order valence-corrected chi connectivity index (χ4v) is 3.81. The summed E-state index contributed by atoms with van der Waals surface area (Å²) >= 11 is 6.15. The molecule has 2 aromatic heterocycles. The highest BCUT2D eigenvalue weighted by molar-refractivity contribution is 6.31. The summed E-state index contributed by atoms with van der Waals surface area (Å²) in [5, 5.41) is 10.6. The number of nitrogens with one attached hydrogen (secondary N) is 2. The van der Waals surface area contributed by atoms with Crippen LogP contribution in [0.1, 0.15) is 28.9 Å². The molecule has 3 aromatic rings. The van der Waals surface area contributed by atoms with Gasteiger partial charge < -0.3 is 10.2 Å². The van der Waals surface area contributed by atoms with Crippen LogP contribution < -0.4 is 5.32 Å². The molecule has 8 heteroatoms. The summed E-state index contributed by atoms with van der Waals surface area (Å²) < 4.78 is 0. The number of pyridine rings is 1. The van der Waals surface area contributed by atoms with E-state index in [-0.39, 0.29) is 17.7 Å². The van der Waals surface area contributed by atoms with Crippen LogP contribution in [0.2, 0.25) is 5.02 Å². The molecule has 154 valence electrons. The van der Waals surface area contributed by atoms with Crippen molar-refractivity contribution in [1.29, 1.82) is 0 Å². The van der Waals surface area contributed by atoms with Gasteiger partial charge in [0.15, 0.2) is 0 Å². The van der Waals surface area contributed by atoms with E-state index in [0.29, 0.717) is 36.0 Å². The molecule has 0 radical (unpaired) electrons. The van der Waals surface area contributed by atoms with E-state index >= 15 is 0 Å². The molecule has 0 saturated carbocycles. The Balaban J connectivity index is 1.37. The van der Waals surface area contributed by atoms with E-state index in [0.717, 1.165) is 24.0 Å². The summed E-state index contributed by atoms with van der Waals surface area (Å²) in [6.45, 7) is 1.38. The topological polar surface area (TPSA) is 91.0 Å². The molecule has 1 atom stereocenters. The highest BCUT2D eigenvalue weighted by Crippen LogP contribution is 2.21. The Bertz CT molecular complexity index is 1040. The Morgan fingerprint density at radius 3 is 2.90 bits per heavy atom. The minimum atomic E-state index is -0.245. The number of aromatic amines is 1. The van der Waals surface area contributed by atoms with Crippen molar-refractivity contribution in [2.24, 2.45) is 5.92 Å². The number of piperidine rings is 1. The molecule has 0 bridgehead atoms. The van der Waals surface area contributed by atoms with Gasteiger partial charge in [-0.1, -0.05) is 29.8 Å². The van der Waals surface area contributed by atoms with Crippen molar-refractivity contribution in [3.63, 3.8) is 0 Å². The lowest BCUT2D eigenvalue weighted by Crippen LogP contribution is -2.45. The van der Waals surface area contributed by atoms with Gasteiger partial charge in [-0.2, -0.15) is 5.10 Å². The number of benzene rings is 1. The third kappa shape index (κ3) is 4.52. The number of hydrogen-bond donors (Lipinski definition) is 2. The Labute approximate surface area is 179 Å². The van der Waals surface area contributed by atoms with E-state index in [1.807, 2.05) is 30.3 Å². The lowest BCUT2D eigenvalue weighted by atomic mass is 9.96. The van der Waals surface area contributed by atoms with Gasteiger partial charge >= 0.3 is 0 Å². The molecular weight excluding hydrogens is 402 g/mol. The monoisotopic (exact) mass is 423 g/mol. The van der Waals surface area contributed by atoms with Gasteiger partial charge in [0.1, 0.15) is 5.69 Å². The zero-order valence-electron chi connectivity index (χ0n) is 16.3. The Hall–Kier alpha value is -3.19. The van der Waals surface area contributed by atoms with Gasteiger partial charge in [0.2, 0.25) is 5.91 Å². The summed E-state index contributed by atoms with van der Waals surface area (Å²) in [4.78, 5) is 31.4. The smallest absolute Gasteiger partial charge is 0.271 e. The lowest BCUT2D eigenvalue weighted by molar-refractivity contribution is -0.126. The number of rotatable bonds is 5. The van der Waals surface area contributed by atoms with Crippen molar-refractivity contribution in [1.82, 2.24) is 25.4 Å². The van der Waals surface area contributed by atoms with Crippen molar-refractivity contribution < 1.29 is 9.59 Å². The highest BCUT2D eigenvalue weighted by atomic mass is 35.5. The molecule has 7 nitrogen and oxygen atoms in total. The van der Waals surface area contributed by atoms with Gasteiger partial charge in [0.05, 0.1) is 11.6 Å². The van der Waals surface area contributed by atoms with E-state index in [4.69, 9.17) is 11.6 Å². The number of nitrogens with zero attached hydrogens (tertiary/aromatic N) is 3. The average Bonchev–Trinajstić information content (AvgIpc) is 3.29. The Morgan fingerprint density at radius 1 is 1.23 bits per heavy atom. The predicted molar refractivity (Wildman–Crippen MR) is 114 cm³/mol. The minimum absolute atomic E-state index is 0.0620. The molecule has 30 heavy (non-hydrogen) atoms. The van der Waals surface area contributed by atoms with Crippen LogP contribution in [0.4, 0.5) is 0 Å². The van der Waals surface area contributed by atoms with Crippen molar-refractivity contribution in [3.8, 4) is 11.3 Å². The van der Waals surface area contributed by atoms with Gasteiger partial charge in [-0.05, 0) is 42.7 Å². The molecule has 1 aromatic carbocycles. The number of amides is 2. The van der Waals surface area contributed by atoms with E-state index < -0.39 is 0 Å². The van der Waals surface area contributed by atoms with E-state index in [2.05, 4.69) is 20.5 Å². The van der Waals surface area contributed by atoms with Crippen LogP contribution in [0, 0.1) is 5.92 Å². The second kappa shape index (κ2) is 9.09. The van der Waals surface area contributed by atoms with Crippen LogP contribution in [-0.4, -0.2) is 45.0 Å². The Kier molecular flexibility index (Phi) is 6.09. The molecule has 1 aliphatic rings. The maximum absolute atomic E-state index is 12.9. The van der Waals surface area contributed by atoms with Crippen molar-refractivity contribution in [2.45, 2.75) is 19.4 Å². The maximum Gasteiger partial charge on any atom is 0.271 e. The fraction of sp³-hybridized carbons (Fsp3) is 0.273. The first-order valence-corrected chi connectivity index (χ1v) is 10.3. The van der Waals surface area contributed by atoms with Crippen molar-refractivity contribution in [2.75, 3.05) is 13.1 Å². The van der Waals surface area contributed by atoms with Gasteiger partial charge in [0.25, 0.3) is 5.91 Å². The average molecular weight is 424 g/mol. The summed E-state index contributed by atoms with van der Waals surface area (Å²) in [7, 11) is 0. The standard InChI is InChI=1S/C22H22ClN5O2/c23-18-8-2-1-5-15(18)13-25-21(29)17-7-4-10-28(14-17)22(30)20-11-19(26-27-20)16-6-3-9-24-12-16/h1-3,5-6,8-9,11-12,17H,4,7,10,13-14H2,(H,25,29)(H,26,27)/t17-/m1/s1. The quantitative estimate of drug-likeness (QED) is 0.658. The normalized spacial score (nSPS) is 16.3. The molecule has 0 aliphatic carbocycles. The van der Waals surface area contributed by atoms with Gasteiger partial charge in [-0.25, -0.2) is 0 Å². The molecule has 3 heterocycles. The van der Waals surface area contributed by atoms with Gasteiger partial charge in [-0.15, -0.1) is 0 Å².